The van der Waals surface area contributed by atoms with Crippen LogP contribution in [0.2, 0.25) is 0 Å². The van der Waals surface area contributed by atoms with Gasteiger partial charge in [0, 0.05) is 25.3 Å². The van der Waals surface area contributed by atoms with Crippen LogP contribution in [-0.2, 0) is 0 Å². The lowest BCUT2D eigenvalue weighted by atomic mass is 10.1. The molecule has 3 aromatic carbocycles. The minimum Gasteiger partial charge on any atom is -0.497 e. The molecule has 0 saturated heterocycles. The van der Waals surface area contributed by atoms with Crippen molar-refractivity contribution < 1.29 is 4.74 Å². The average molecular weight is 387 g/mol. The lowest BCUT2D eigenvalue weighted by Crippen LogP contribution is -2.07. The number of anilines is 1. The van der Waals surface area contributed by atoms with E-state index in [-0.39, 0.29) is 0 Å². The lowest BCUT2D eigenvalue weighted by Gasteiger charge is -2.11. The first-order chi connectivity index (χ1) is 13.6. The molecule has 0 saturated carbocycles. The van der Waals surface area contributed by atoms with Crippen LogP contribution in [-0.4, -0.2) is 26.2 Å². The Labute approximate surface area is 169 Å². The molecule has 0 bridgehead atoms. The summed E-state index contributed by atoms with van der Waals surface area (Å²) < 4.78 is 6.44. The number of aromatic nitrogens is 1. The molecule has 0 atom stereocenters. The van der Waals surface area contributed by atoms with Gasteiger partial charge in [-0.3, -0.25) is 0 Å². The second kappa shape index (κ2) is 7.87. The van der Waals surface area contributed by atoms with Crippen LogP contribution in [0.15, 0.2) is 66.7 Å². The molecule has 0 aliphatic carbocycles. The van der Waals surface area contributed by atoms with Crippen molar-refractivity contribution in [3.63, 3.8) is 0 Å². The maximum absolute atomic E-state index is 5.30. The molecule has 0 N–H and O–H groups in total. The Hall–Kier alpha value is -3.11. The molecular formula is C24H22N2OS. The maximum Gasteiger partial charge on any atom is 0.124 e. The number of nitrogens with zero attached hydrogens (tertiary/aromatic N) is 2. The Bertz CT molecular complexity index is 1110. The van der Waals surface area contributed by atoms with Crippen LogP contribution >= 0.6 is 11.3 Å². The van der Waals surface area contributed by atoms with E-state index in [1.165, 1.54) is 16.8 Å². The molecule has 0 unspecified atom stereocenters. The van der Waals surface area contributed by atoms with Gasteiger partial charge in [-0.05, 0) is 41.5 Å². The van der Waals surface area contributed by atoms with Crippen LogP contribution in [0.3, 0.4) is 0 Å². The fourth-order valence-corrected chi connectivity index (χ4v) is 3.97. The Balaban J connectivity index is 1.52. The number of thiazole rings is 1. The standard InChI is InChI=1S/C24H22N2OS/c1-26(2)20-12-8-18(9-13-20)5-4-17-6-10-19(11-7-17)24-25-22-15-14-21(27-3)16-23(22)28-24/h4-16H,1-3H3/b5-4+. The molecule has 0 radical (unpaired) electrons. The topological polar surface area (TPSA) is 25.4 Å². The first kappa shape index (κ1) is 18.3. The van der Waals surface area contributed by atoms with Gasteiger partial charge in [0.25, 0.3) is 0 Å². The molecule has 4 rings (SSSR count). The van der Waals surface area contributed by atoms with Crippen molar-refractivity contribution in [2.24, 2.45) is 0 Å². The highest BCUT2D eigenvalue weighted by Gasteiger charge is 2.07. The minimum atomic E-state index is 0.863. The summed E-state index contributed by atoms with van der Waals surface area (Å²) in [5.41, 5.74) is 5.70. The molecule has 0 spiro atoms. The van der Waals surface area contributed by atoms with Crippen molar-refractivity contribution in [2.75, 3.05) is 26.1 Å². The van der Waals surface area contributed by atoms with Crippen LogP contribution in [0.5, 0.6) is 5.75 Å². The quantitative estimate of drug-likeness (QED) is 0.381. The molecular weight excluding hydrogens is 364 g/mol. The number of hydrogen-bond acceptors (Lipinski definition) is 4. The summed E-state index contributed by atoms with van der Waals surface area (Å²) in [4.78, 5) is 6.85. The monoisotopic (exact) mass is 386 g/mol. The summed E-state index contributed by atoms with van der Waals surface area (Å²) in [6.45, 7) is 0. The molecule has 4 aromatic rings. The largest absolute Gasteiger partial charge is 0.497 e. The lowest BCUT2D eigenvalue weighted by molar-refractivity contribution is 0.415. The molecule has 3 nitrogen and oxygen atoms in total. The van der Waals surface area contributed by atoms with Gasteiger partial charge in [-0.1, -0.05) is 48.6 Å². The van der Waals surface area contributed by atoms with Crippen LogP contribution in [0.4, 0.5) is 5.69 Å². The summed E-state index contributed by atoms with van der Waals surface area (Å²) in [5, 5.41) is 1.03. The minimum absolute atomic E-state index is 0.863. The first-order valence-electron chi connectivity index (χ1n) is 9.13. The summed E-state index contributed by atoms with van der Waals surface area (Å²) in [7, 11) is 5.79. The predicted octanol–water partition coefficient (Wildman–Crippen LogP) is 6.21. The van der Waals surface area contributed by atoms with E-state index in [2.05, 4.69) is 65.6 Å². The Morgan fingerprint density at radius 1 is 0.857 bits per heavy atom. The summed E-state index contributed by atoms with van der Waals surface area (Å²) in [6, 6.07) is 23.0. The summed E-state index contributed by atoms with van der Waals surface area (Å²) in [5.74, 6) is 0.863. The maximum atomic E-state index is 5.30. The van der Waals surface area contributed by atoms with Crippen molar-refractivity contribution in [2.45, 2.75) is 0 Å². The van der Waals surface area contributed by atoms with Gasteiger partial charge in [-0.25, -0.2) is 4.98 Å². The summed E-state index contributed by atoms with van der Waals surface area (Å²) in [6.07, 6.45) is 4.27. The van der Waals surface area contributed by atoms with E-state index < -0.39 is 0 Å². The van der Waals surface area contributed by atoms with Crippen molar-refractivity contribution in [1.82, 2.24) is 4.98 Å². The fourth-order valence-electron chi connectivity index (χ4n) is 2.97. The Morgan fingerprint density at radius 3 is 2.11 bits per heavy atom. The molecule has 0 amide bonds. The second-order valence-corrected chi connectivity index (χ2v) is 7.82. The van der Waals surface area contributed by atoms with Gasteiger partial charge in [-0.15, -0.1) is 11.3 Å². The number of hydrogen-bond donors (Lipinski definition) is 0. The third kappa shape index (κ3) is 3.92. The third-order valence-corrected chi connectivity index (χ3v) is 5.70. The van der Waals surface area contributed by atoms with Crippen LogP contribution < -0.4 is 9.64 Å². The van der Waals surface area contributed by atoms with Gasteiger partial charge in [0.2, 0.25) is 0 Å². The van der Waals surface area contributed by atoms with E-state index in [4.69, 9.17) is 9.72 Å². The molecule has 0 aliphatic rings. The van der Waals surface area contributed by atoms with Gasteiger partial charge >= 0.3 is 0 Å². The van der Waals surface area contributed by atoms with Gasteiger partial charge in [0.1, 0.15) is 10.8 Å². The molecule has 28 heavy (non-hydrogen) atoms. The van der Waals surface area contributed by atoms with Crippen molar-refractivity contribution in [3.8, 4) is 16.3 Å². The Kier molecular flexibility index (Phi) is 5.13. The predicted molar refractivity (Wildman–Crippen MR) is 121 cm³/mol. The second-order valence-electron chi connectivity index (χ2n) is 6.79. The average Bonchev–Trinajstić information content (AvgIpc) is 3.16. The zero-order valence-corrected chi connectivity index (χ0v) is 17.0. The first-order valence-corrected chi connectivity index (χ1v) is 9.94. The van der Waals surface area contributed by atoms with Crippen LogP contribution in [0.1, 0.15) is 11.1 Å². The Morgan fingerprint density at radius 2 is 1.50 bits per heavy atom. The van der Waals surface area contributed by atoms with Gasteiger partial charge in [-0.2, -0.15) is 0 Å². The van der Waals surface area contributed by atoms with E-state index in [1.807, 2.05) is 32.3 Å². The molecule has 1 heterocycles. The smallest absolute Gasteiger partial charge is 0.124 e. The molecule has 140 valence electrons. The number of fused-ring (bicyclic) bond motifs is 1. The van der Waals surface area contributed by atoms with Crippen LogP contribution in [0.25, 0.3) is 32.9 Å². The SMILES string of the molecule is COc1ccc2nc(-c3ccc(/C=C/c4ccc(N(C)C)cc4)cc3)sc2c1. The van der Waals surface area contributed by atoms with E-state index in [9.17, 15) is 0 Å². The highest BCUT2D eigenvalue weighted by molar-refractivity contribution is 7.21. The third-order valence-electron chi connectivity index (χ3n) is 4.63. The highest BCUT2D eigenvalue weighted by atomic mass is 32.1. The number of rotatable bonds is 5. The highest BCUT2D eigenvalue weighted by Crippen LogP contribution is 2.32. The van der Waals surface area contributed by atoms with Gasteiger partial charge in [0.05, 0.1) is 17.3 Å². The zero-order chi connectivity index (χ0) is 19.5. The molecule has 4 heteroatoms. The molecule has 0 aliphatic heterocycles. The van der Waals surface area contributed by atoms with E-state index in [1.54, 1.807) is 18.4 Å². The number of benzene rings is 3. The van der Waals surface area contributed by atoms with Crippen molar-refractivity contribution >= 4 is 39.4 Å². The van der Waals surface area contributed by atoms with E-state index in [0.717, 1.165) is 26.5 Å². The fraction of sp³-hybridized carbons (Fsp3) is 0.125. The van der Waals surface area contributed by atoms with Crippen molar-refractivity contribution in [3.05, 3.63) is 77.9 Å². The van der Waals surface area contributed by atoms with Crippen LogP contribution in [0, 0.1) is 0 Å². The normalized spacial score (nSPS) is 11.2. The summed E-state index contributed by atoms with van der Waals surface area (Å²) >= 11 is 1.69. The van der Waals surface area contributed by atoms with Gasteiger partial charge in [0.15, 0.2) is 0 Å². The van der Waals surface area contributed by atoms with Gasteiger partial charge < -0.3 is 9.64 Å². The molecule has 0 fully saturated rings. The number of methoxy groups -OCH3 is 1. The van der Waals surface area contributed by atoms with Crippen molar-refractivity contribution in [1.29, 1.82) is 0 Å². The van der Waals surface area contributed by atoms with E-state index in [0.29, 0.717) is 0 Å². The number of ether oxygens (including phenoxy) is 1. The molecule has 1 aromatic heterocycles. The van der Waals surface area contributed by atoms with E-state index >= 15 is 0 Å². The zero-order valence-electron chi connectivity index (χ0n) is 16.2.